The van der Waals surface area contributed by atoms with Crippen molar-refractivity contribution >= 4 is 5.96 Å². The second-order valence-electron chi connectivity index (χ2n) is 3.86. The Morgan fingerprint density at radius 2 is 2.53 bits per heavy atom. The minimum absolute atomic E-state index is 0.184. The Morgan fingerprint density at radius 1 is 1.73 bits per heavy atom. The lowest BCUT2D eigenvalue weighted by molar-refractivity contribution is 0.117. The topological polar surface area (TPSA) is 68.9 Å². The average Bonchev–Trinajstić information content (AvgIpc) is 2.67. The predicted octanol–water partition coefficient (Wildman–Crippen LogP) is 0.105. The highest BCUT2D eigenvalue weighted by molar-refractivity contribution is 5.78. The van der Waals surface area contributed by atoms with Crippen molar-refractivity contribution in [1.82, 2.24) is 5.32 Å². The largest absolute Gasteiger partial charge is 0.383 e. The average molecular weight is 215 g/mol. The van der Waals surface area contributed by atoms with E-state index in [0.29, 0.717) is 19.1 Å². The highest BCUT2D eigenvalue weighted by atomic mass is 16.5. The van der Waals surface area contributed by atoms with Gasteiger partial charge < -0.3 is 20.5 Å². The lowest BCUT2D eigenvalue weighted by atomic mass is 10.2. The summed E-state index contributed by atoms with van der Waals surface area (Å²) in [6.07, 6.45) is 2.47. The summed E-state index contributed by atoms with van der Waals surface area (Å²) in [7, 11) is 1.66. The fourth-order valence-corrected chi connectivity index (χ4v) is 1.58. The number of hydrogen-bond donors (Lipinski definition) is 2. The number of nitrogens with zero attached hydrogens (tertiary/aromatic N) is 1. The fraction of sp³-hybridized carbons (Fsp3) is 0.900. The van der Waals surface area contributed by atoms with Crippen LogP contribution in [0.3, 0.4) is 0 Å². The van der Waals surface area contributed by atoms with E-state index in [4.69, 9.17) is 15.2 Å². The molecule has 1 heterocycles. The summed E-state index contributed by atoms with van der Waals surface area (Å²) in [6, 6.07) is 0.184. The van der Waals surface area contributed by atoms with Gasteiger partial charge in [0.05, 0.1) is 19.3 Å². The molecule has 2 unspecified atom stereocenters. The van der Waals surface area contributed by atoms with Crippen LogP contribution in [0.1, 0.15) is 19.8 Å². The van der Waals surface area contributed by atoms with E-state index in [1.54, 1.807) is 7.11 Å². The third kappa shape index (κ3) is 4.99. The molecule has 2 atom stereocenters. The standard InChI is InChI=1S/C10H21N3O2/c1-8(7-14-2)13-10(11)12-6-9-4-3-5-15-9/h8-9H,3-7H2,1-2H3,(H3,11,12,13). The molecule has 1 fully saturated rings. The zero-order valence-electron chi connectivity index (χ0n) is 9.53. The quantitative estimate of drug-likeness (QED) is 0.504. The molecular formula is C10H21N3O2. The van der Waals surface area contributed by atoms with E-state index in [-0.39, 0.29) is 12.1 Å². The first-order valence-corrected chi connectivity index (χ1v) is 5.39. The monoisotopic (exact) mass is 215 g/mol. The van der Waals surface area contributed by atoms with Gasteiger partial charge in [-0.3, -0.25) is 4.99 Å². The second kappa shape index (κ2) is 6.63. The van der Waals surface area contributed by atoms with E-state index in [2.05, 4.69) is 10.3 Å². The van der Waals surface area contributed by atoms with Gasteiger partial charge in [-0.05, 0) is 19.8 Å². The first kappa shape index (κ1) is 12.3. The Hall–Kier alpha value is -0.810. The number of aliphatic imine (C=N–C) groups is 1. The van der Waals surface area contributed by atoms with Gasteiger partial charge in [-0.15, -0.1) is 0 Å². The molecule has 1 aliphatic rings. The molecule has 1 aliphatic heterocycles. The van der Waals surface area contributed by atoms with Gasteiger partial charge in [-0.2, -0.15) is 0 Å². The Kier molecular flexibility index (Phi) is 5.42. The molecule has 0 aromatic heterocycles. The van der Waals surface area contributed by atoms with Gasteiger partial charge in [0, 0.05) is 19.8 Å². The van der Waals surface area contributed by atoms with E-state index in [9.17, 15) is 0 Å². The van der Waals surface area contributed by atoms with Crippen molar-refractivity contribution in [2.45, 2.75) is 31.9 Å². The molecule has 0 radical (unpaired) electrons. The van der Waals surface area contributed by atoms with Crippen LogP contribution in [0, 0.1) is 0 Å². The molecule has 1 rings (SSSR count). The lowest BCUT2D eigenvalue weighted by Gasteiger charge is -2.13. The third-order valence-electron chi connectivity index (χ3n) is 2.30. The lowest BCUT2D eigenvalue weighted by Crippen LogP contribution is -2.41. The number of ether oxygens (including phenoxy) is 2. The van der Waals surface area contributed by atoms with Crippen LogP contribution >= 0.6 is 0 Å². The summed E-state index contributed by atoms with van der Waals surface area (Å²) in [5, 5.41) is 3.05. The van der Waals surface area contributed by atoms with Crippen LogP contribution in [0.15, 0.2) is 4.99 Å². The van der Waals surface area contributed by atoms with Crippen LogP contribution < -0.4 is 11.1 Å². The molecule has 0 spiro atoms. The summed E-state index contributed by atoms with van der Waals surface area (Å²) in [6.45, 7) is 4.13. The zero-order chi connectivity index (χ0) is 11.1. The predicted molar refractivity (Wildman–Crippen MR) is 59.9 cm³/mol. The Balaban J connectivity index is 2.19. The zero-order valence-corrected chi connectivity index (χ0v) is 9.53. The number of nitrogens with two attached hydrogens (primary N) is 1. The van der Waals surface area contributed by atoms with Crippen LogP contribution in [-0.2, 0) is 9.47 Å². The van der Waals surface area contributed by atoms with Gasteiger partial charge in [0.2, 0.25) is 0 Å². The molecule has 1 saturated heterocycles. The minimum Gasteiger partial charge on any atom is -0.383 e. The SMILES string of the molecule is COCC(C)NC(N)=NCC1CCCO1. The molecule has 0 aliphatic carbocycles. The Morgan fingerprint density at radius 3 is 3.13 bits per heavy atom. The summed E-state index contributed by atoms with van der Waals surface area (Å²) in [5.74, 6) is 0.468. The number of hydrogen-bond acceptors (Lipinski definition) is 3. The maximum absolute atomic E-state index is 5.71. The summed E-state index contributed by atoms with van der Waals surface area (Å²) in [4.78, 5) is 4.23. The molecule has 0 aromatic carbocycles. The molecule has 0 bridgehead atoms. The van der Waals surface area contributed by atoms with Gasteiger partial charge in [-0.25, -0.2) is 0 Å². The van der Waals surface area contributed by atoms with Crippen LogP contribution in [0.25, 0.3) is 0 Å². The molecule has 5 heteroatoms. The van der Waals surface area contributed by atoms with Crippen LogP contribution in [0.2, 0.25) is 0 Å². The van der Waals surface area contributed by atoms with Crippen LogP contribution in [0.5, 0.6) is 0 Å². The van der Waals surface area contributed by atoms with Gasteiger partial charge >= 0.3 is 0 Å². The van der Waals surface area contributed by atoms with Crippen molar-refractivity contribution in [2.75, 3.05) is 26.9 Å². The summed E-state index contributed by atoms with van der Waals surface area (Å²) < 4.78 is 10.4. The summed E-state index contributed by atoms with van der Waals surface area (Å²) >= 11 is 0. The maximum Gasteiger partial charge on any atom is 0.188 e. The van der Waals surface area contributed by atoms with E-state index in [1.807, 2.05) is 6.92 Å². The van der Waals surface area contributed by atoms with Gasteiger partial charge in [0.15, 0.2) is 5.96 Å². The normalized spacial score (nSPS) is 24.1. The number of rotatable bonds is 5. The highest BCUT2D eigenvalue weighted by Gasteiger charge is 2.14. The molecule has 0 saturated carbocycles. The maximum atomic E-state index is 5.71. The Bertz CT molecular complexity index is 203. The molecule has 5 nitrogen and oxygen atoms in total. The van der Waals surface area contributed by atoms with Crippen LogP contribution in [-0.4, -0.2) is 45.0 Å². The number of guanidine groups is 1. The van der Waals surface area contributed by atoms with E-state index >= 15 is 0 Å². The van der Waals surface area contributed by atoms with Gasteiger partial charge in [0.25, 0.3) is 0 Å². The molecule has 0 aromatic rings. The summed E-state index contributed by atoms with van der Waals surface area (Å²) in [5.41, 5.74) is 5.71. The fourth-order valence-electron chi connectivity index (χ4n) is 1.58. The van der Waals surface area contributed by atoms with Crippen LogP contribution in [0.4, 0.5) is 0 Å². The van der Waals surface area contributed by atoms with Crippen molar-refractivity contribution in [3.05, 3.63) is 0 Å². The molecule has 88 valence electrons. The van der Waals surface area contributed by atoms with E-state index in [0.717, 1.165) is 19.4 Å². The van der Waals surface area contributed by atoms with Crippen molar-refractivity contribution in [2.24, 2.45) is 10.7 Å². The first-order chi connectivity index (χ1) is 7.22. The van der Waals surface area contributed by atoms with Crippen molar-refractivity contribution in [3.63, 3.8) is 0 Å². The van der Waals surface area contributed by atoms with Gasteiger partial charge in [-0.1, -0.05) is 0 Å². The molecule has 0 amide bonds. The number of nitrogens with one attached hydrogen (secondary N) is 1. The van der Waals surface area contributed by atoms with Crippen molar-refractivity contribution < 1.29 is 9.47 Å². The van der Waals surface area contributed by atoms with Crippen molar-refractivity contribution in [3.8, 4) is 0 Å². The minimum atomic E-state index is 0.184. The van der Waals surface area contributed by atoms with Crippen molar-refractivity contribution in [1.29, 1.82) is 0 Å². The first-order valence-electron chi connectivity index (χ1n) is 5.39. The smallest absolute Gasteiger partial charge is 0.188 e. The molecular weight excluding hydrogens is 194 g/mol. The number of methoxy groups -OCH3 is 1. The van der Waals surface area contributed by atoms with E-state index < -0.39 is 0 Å². The van der Waals surface area contributed by atoms with Gasteiger partial charge in [0.1, 0.15) is 0 Å². The second-order valence-corrected chi connectivity index (χ2v) is 3.86. The molecule has 3 N–H and O–H groups in total. The molecule has 15 heavy (non-hydrogen) atoms. The van der Waals surface area contributed by atoms with E-state index in [1.165, 1.54) is 0 Å². The third-order valence-corrected chi connectivity index (χ3v) is 2.30. The Labute approximate surface area is 91.0 Å². The highest BCUT2D eigenvalue weighted by Crippen LogP contribution is 2.11.